The molecule has 164 valence electrons. The molecular weight excluding hydrogens is 489 g/mol. The van der Waals surface area contributed by atoms with Crippen LogP contribution >= 0.6 is 24.0 Å². The fourth-order valence-corrected chi connectivity index (χ4v) is 3.21. The molecule has 1 heterocycles. The third-order valence-electron chi connectivity index (χ3n) is 5.03. The first kappa shape index (κ1) is 24.6. The Balaban J connectivity index is 0.00000320. The molecule has 2 aromatic carbocycles. The third-order valence-corrected chi connectivity index (χ3v) is 5.03. The lowest BCUT2D eigenvalue weighted by Crippen LogP contribution is -2.32. The van der Waals surface area contributed by atoms with E-state index in [0.29, 0.717) is 12.5 Å². The summed E-state index contributed by atoms with van der Waals surface area (Å²) in [7, 11) is 0. The summed E-state index contributed by atoms with van der Waals surface area (Å²) in [5, 5.41) is 6.81. The van der Waals surface area contributed by atoms with Crippen molar-refractivity contribution in [1.82, 2.24) is 5.32 Å². The summed E-state index contributed by atoms with van der Waals surface area (Å²) in [5.74, 6) is 1.45. The number of hydrogen-bond acceptors (Lipinski definition) is 3. The van der Waals surface area contributed by atoms with Crippen LogP contribution in [0.5, 0.6) is 0 Å². The average Bonchev–Trinajstić information content (AvgIpc) is 2.77. The molecule has 0 aliphatic carbocycles. The van der Waals surface area contributed by atoms with Crippen LogP contribution in [-0.4, -0.2) is 38.9 Å². The molecule has 0 aromatic heterocycles. The van der Waals surface area contributed by atoms with Crippen LogP contribution in [0.3, 0.4) is 0 Å². The number of guanidine groups is 1. The lowest BCUT2D eigenvalue weighted by Gasteiger charge is -2.21. The van der Waals surface area contributed by atoms with E-state index in [0.717, 1.165) is 63.9 Å². The number of para-hydroxylation sites is 1. The number of nitrogens with zero attached hydrogens (tertiary/aromatic N) is 1. The van der Waals surface area contributed by atoms with Gasteiger partial charge in [-0.2, -0.15) is 0 Å². The number of anilines is 1. The van der Waals surface area contributed by atoms with Gasteiger partial charge in [0.25, 0.3) is 0 Å². The predicted octanol–water partition coefficient (Wildman–Crippen LogP) is 5.00. The highest BCUT2D eigenvalue weighted by Crippen LogP contribution is 2.14. The van der Waals surface area contributed by atoms with Crippen molar-refractivity contribution in [3.05, 3.63) is 65.7 Å². The minimum Gasteiger partial charge on any atom is -0.381 e. The van der Waals surface area contributed by atoms with Gasteiger partial charge in [-0.3, -0.25) is 0 Å². The maximum absolute atomic E-state index is 5.86. The first-order valence-electron chi connectivity index (χ1n) is 10.6. The van der Waals surface area contributed by atoms with Gasteiger partial charge < -0.3 is 20.1 Å². The fraction of sp³-hybridized carbons (Fsp3) is 0.458. The van der Waals surface area contributed by atoms with Crippen LogP contribution in [0.25, 0.3) is 0 Å². The Morgan fingerprint density at radius 2 is 1.80 bits per heavy atom. The monoisotopic (exact) mass is 523 g/mol. The van der Waals surface area contributed by atoms with Gasteiger partial charge in [-0.15, -0.1) is 24.0 Å². The molecule has 1 aliphatic heterocycles. The number of hydrogen-bond donors (Lipinski definition) is 2. The van der Waals surface area contributed by atoms with Gasteiger partial charge in [0.2, 0.25) is 0 Å². The molecule has 6 heteroatoms. The summed E-state index contributed by atoms with van der Waals surface area (Å²) in [4.78, 5) is 4.75. The molecule has 0 bridgehead atoms. The third kappa shape index (κ3) is 9.45. The van der Waals surface area contributed by atoms with Crippen molar-refractivity contribution in [2.24, 2.45) is 10.9 Å². The highest BCUT2D eigenvalue weighted by Gasteiger charge is 2.13. The molecule has 0 saturated carbocycles. The van der Waals surface area contributed by atoms with Gasteiger partial charge in [-0.1, -0.05) is 48.0 Å². The van der Waals surface area contributed by atoms with Gasteiger partial charge in [0.15, 0.2) is 5.96 Å². The van der Waals surface area contributed by atoms with Crippen LogP contribution in [0.4, 0.5) is 5.69 Å². The summed E-state index contributed by atoms with van der Waals surface area (Å²) in [6.07, 6.45) is 3.19. The predicted molar refractivity (Wildman–Crippen MR) is 135 cm³/mol. The second-order valence-electron chi connectivity index (χ2n) is 7.55. The first-order valence-corrected chi connectivity index (χ1v) is 10.6. The van der Waals surface area contributed by atoms with Gasteiger partial charge in [0.1, 0.15) is 0 Å². The van der Waals surface area contributed by atoms with Crippen LogP contribution in [0.2, 0.25) is 0 Å². The largest absolute Gasteiger partial charge is 0.381 e. The average molecular weight is 523 g/mol. The van der Waals surface area contributed by atoms with Gasteiger partial charge in [0, 0.05) is 38.7 Å². The normalized spacial score (nSPS) is 14.8. The van der Waals surface area contributed by atoms with E-state index in [9.17, 15) is 0 Å². The van der Waals surface area contributed by atoms with Gasteiger partial charge >= 0.3 is 0 Å². The van der Waals surface area contributed by atoms with Crippen LogP contribution in [0.1, 0.15) is 30.4 Å². The highest BCUT2D eigenvalue weighted by molar-refractivity contribution is 14.0. The van der Waals surface area contributed by atoms with E-state index in [1.807, 2.05) is 30.3 Å². The van der Waals surface area contributed by atoms with Gasteiger partial charge in [-0.05, 0) is 49.8 Å². The Morgan fingerprint density at radius 3 is 2.53 bits per heavy atom. The van der Waals surface area contributed by atoms with Crippen LogP contribution in [-0.2, 0) is 16.0 Å². The standard InChI is InChI=1S/C24H33N3O2.HI/c1-20-8-10-21(11-9-20)18-26-24(27-23-6-3-2-4-7-23)25-14-5-15-29-19-22-12-16-28-17-13-22;/h2-4,6-11,22H,5,12-19H2,1H3,(H2,25,26,27);1H. The topological polar surface area (TPSA) is 54.9 Å². The molecule has 5 nitrogen and oxygen atoms in total. The second kappa shape index (κ2) is 14.4. The molecule has 0 atom stereocenters. The number of nitrogens with one attached hydrogen (secondary N) is 2. The minimum atomic E-state index is 0. The number of benzene rings is 2. The number of halogens is 1. The van der Waals surface area contributed by atoms with E-state index < -0.39 is 0 Å². The van der Waals surface area contributed by atoms with Crippen molar-refractivity contribution in [2.45, 2.75) is 32.7 Å². The summed E-state index contributed by atoms with van der Waals surface area (Å²) in [6, 6.07) is 18.6. The molecule has 0 spiro atoms. The zero-order valence-corrected chi connectivity index (χ0v) is 20.1. The van der Waals surface area contributed by atoms with Gasteiger partial charge in [0.05, 0.1) is 6.54 Å². The van der Waals surface area contributed by atoms with Crippen molar-refractivity contribution in [3.63, 3.8) is 0 Å². The van der Waals surface area contributed by atoms with E-state index in [1.165, 1.54) is 11.1 Å². The molecule has 3 rings (SSSR count). The van der Waals surface area contributed by atoms with Gasteiger partial charge in [-0.25, -0.2) is 4.99 Å². The van der Waals surface area contributed by atoms with E-state index in [4.69, 9.17) is 14.5 Å². The SMILES string of the molecule is Cc1ccc(CN=C(NCCCOCC2CCOCC2)Nc2ccccc2)cc1.I. The van der Waals surface area contributed by atoms with Crippen LogP contribution < -0.4 is 10.6 Å². The van der Waals surface area contributed by atoms with E-state index in [2.05, 4.69) is 41.8 Å². The van der Waals surface area contributed by atoms with Crippen molar-refractivity contribution in [3.8, 4) is 0 Å². The molecule has 2 N–H and O–H groups in total. The molecular formula is C24H34IN3O2. The molecule has 1 fully saturated rings. The molecule has 0 amide bonds. The molecule has 2 aromatic rings. The number of aryl methyl sites for hydroxylation is 1. The molecule has 1 saturated heterocycles. The van der Waals surface area contributed by atoms with Crippen LogP contribution in [0, 0.1) is 12.8 Å². The highest BCUT2D eigenvalue weighted by atomic mass is 127. The lowest BCUT2D eigenvalue weighted by molar-refractivity contribution is 0.0203. The Hall–Kier alpha value is -1.64. The van der Waals surface area contributed by atoms with Crippen molar-refractivity contribution < 1.29 is 9.47 Å². The van der Waals surface area contributed by atoms with E-state index >= 15 is 0 Å². The van der Waals surface area contributed by atoms with Crippen molar-refractivity contribution in [2.75, 3.05) is 38.3 Å². The van der Waals surface area contributed by atoms with Crippen molar-refractivity contribution >= 4 is 35.6 Å². The maximum atomic E-state index is 5.86. The Morgan fingerprint density at radius 1 is 1.07 bits per heavy atom. The minimum absolute atomic E-state index is 0. The second-order valence-corrected chi connectivity index (χ2v) is 7.55. The summed E-state index contributed by atoms with van der Waals surface area (Å²) in [5.41, 5.74) is 3.49. The zero-order chi connectivity index (χ0) is 20.2. The molecule has 30 heavy (non-hydrogen) atoms. The molecule has 1 aliphatic rings. The Kier molecular flexibility index (Phi) is 11.8. The smallest absolute Gasteiger partial charge is 0.196 e. The summed E-state index contributed by atoms with van der Waals surface area (Å²) < 4.78 is 11.3. The lowest BCUT2D eigenvalue weighted by atomic mass is 10.0. The number of ether oxygens (including phenoxy) is 2. The maximum Gasteiger partial charge on any atom is 0.196 e. The Labute approximate surface area is 197 Å². The van der Waals surface area contributed by atoms with Crippen molar-refractivity contribution in [1.29, 1.82) is 0 Å². The number of aliphatic imine (C=N–C) groups is 1. The van der Waals surface area contributed by atoms with Crippen LogP contribution in [0.15, 0.2) is 59.6 Å². The summed E-state index contributed by atoms with van der Waals surface area (Å²) >= 11 is 0. The Bertz CT molecular complexity index is 732. The fourth-order valence-electron chi connectivity index (χ4n) is 3.21. The molecule has 0 unspecified atom stereocenters. The molecule has 0 radical (unpaired) electrons. The first-order chi connectivity index (χ1) is 14.3. The quantitative estimate of drug-likeness (QED) is 0.210. The van der Waals surface area contributed by atoms with E-state index in [-0.39, 0.29) is 24.0 Å². The summed E-state index contributed by atoms with van der Waals surface area (Å²) in [6.45, 7) is 6.92. The van der Waals surface area contributed by atoms with E-state index in [1.54, 1.807) is 0 Å². The number of rotatable bonds is 9. The zero-order valence-electron chi connectivity index (χ0n) is 17.8.